The average Bonchev–Trinajstić information content (AvgIpc) is 2.98. The molecule has 1 unspecified atom stereocenters. The number of alkyl halides is 1. The van der Waals surface area contributed by atoms with Gasteiger partial charge in [0.2, 0.25) is 16.0 Å². The number of ether oxygens (including phenoxy) is 1. The summed E-state index contributed by atoms with van der Waals surface area (Å²) in [5.41, 5.74) is 3.08. The highest BCUT2D eigenvalue weighted by molar-refractivity contribution is 7.91. The Kier molecular flexibility index (Phi) is 10.1. The van der Waals surface area contributed by atoms with E-state index in [1.807, 2.05) is 0 Å². The van der Waals surface area contributed by atoms with Gasteiger partial charge in [0.25, 0.3) is 5.56 Å². The van der Waals surface area contributed by atoms with Crippen LogP contribution in [-0.4, -0.2) is 49.3 Å². The summed E-state index contributed by atoms with van der Waals surface area (Å²) in [5.74, 6) is -5.04. The zero-order valence-corrected chi connectivity index (χ0v) is 25.0. The van der Waals surface area contributed by atoms with Crippen molar-refractivity contribution in [1.82, 2.24) is 19.9 Å². The van der Waals surface area contributed by atoms with Crippen LogP contribution in [0.2, 0.25) is 0 Å². The van der Waals surface area contributed by atoms with Gasteiger partial charge in [-0.3, -0.25) is 14.1 Å². The standard InChI is InChI=1S/C24H22F3N5O4S.C5H10FN/c1-12(2)32-22-14(10-29-24(28)30-22)8-17(23(32)33)16-9-18(25)21(20(27)19(16)26)31-37(34,35)11-13-4-6-15(36-3)7-5-13;6-5-2-1-3-7-4-5/h4-10,12,31H,11H2,1-3H3,(H2,28,29,30);5,7H,1-4H2. The second kappa shape index (κ2) is 13.6. The highest BCUT2D eigenvalue weighted by atomic mass is 32.2. The number of hydrogen-bond acceptors (Lipinski definition) is 8. The van der Waals surface area contributed by atoms with Crippen LogP contribution in [0.1, 0.15) is 38.3 Å². The van der Waals surface area contributed by atoms with Gasteiger partial charge >= 0.3 is 0 Å². The minimum Gasteiger partial charge on any atom is -0.497 e. The molecule has 4 aromatic rings. The molecule has 0 radical (unpaired) electrons. The number of piperidine rings is 1. The molecule has 10 nitrogen and oxygen atoms in total. The number of benzene rings is 2. The lowest BCUT2D eigenvalue weighted by atomic mass is 10.0. The van der Waals surface area contributed by atoms with Crippen LogP contribution in [0.3, 0.4) is 0 Å². The van der Waals surface area contributed by atoms with Crippen molar-refractivity contribution in [3.05, 3.63) is 76.0 Å². The highest BCUT2D eigenvalue weighted by Crippen LogP contribution is 2.32. The summed E-state index contributed by atoms with van der Waals surface area (Å²) >= 11 is 0. The predicted molar refractivity (Wildman–Crippen MR) is 160 cm³/mol. The third-order valence-corrected chi connectivity index (χ3v) is 8.00. The predicted octanol–water partition coefficient (Wildman–Crippen LogP) is 4.70. The van der Waals surface area contributed by atoms with Crippen molar-refractivity contribution < 1.29 is 30.7 Å². The molecule has 0 bridgehead atoms. The van der Waals surface area contributed by atoms with Gasteiger partial charge in [-0.2, -0.15) is 4.98 Å². The number of fused-ring (bicyclic) bond motifs is 1. The van der Waals surface area contributed by atoms with Crippen LogP contribution in [-0.2, 0) is 15.8 Å². The summed E-state index contributed by atoms with van der Waals surface area (Å²) in [4.78, 5) is 21.1. The molecule has 3 heterocycles. The third-order valence-electron chi connectivity index (χ3n) is 6.77. The topological polar surface area (TPSA) is 141 Å². The van der Waals surface area contributed by atoms with Crippen molar-refractivity contribution in [2.45, 2.75) is 44.7 Å². The minimum absolute atomic E-state index is 0.0939. The van der Waals surface area contributed by atoms with Gasteiger partial charge in [-0.1, -0.05) is 12.1 Å². The lowest BCUT2D eigenvalue weighted by Gasteiger charge is -2.17. The van der Waals surface area contributed by atoms with Gasteiger partial charge in [0.05, 0.1) is 18.4 Å². The number of rotatable bonds is 7. The number of nitrogens with zero attached hydrogens (tertiary/aromatic N) is 3. The van der Waals surface area contributed by atoms with Crippen molar-refractivity contribution in [3.8, 4) is 16.9 Å². The maximum Gasteiger partial charge on any atom is 0.260 e. The Labute approximate surface area is 251 Å². The van der Waals surface area contributed by atoms with E-state index in [1.54, 1.807) is 18.6 Å². The van der Waals surface area contributed by atoms with E-state index in [4.69, 9.17) is 10.5 Å². The molecule has 0 aliphatic carbocycles. The molecule has 15 heteroatoms. The molecule has 1 atom stereocenters. The van der Waals surface area contributed by atoms with Crippen molar-refractivity contribution >= 4 is 32.7 Å². The summed E-state index contributed by atoms with van der Waals surface area (Å²) in [5, 5.41) is 3.24. The molecule has 2 aromatic carbocycles. The fourth-order valence-corrected chi connectivity index (χ4v) is 5.83. The zero-order chi connectivity index (χ0) is 32.2. The van der Waals surface area contributed by atoms with E-state index in [9.17, 15) is 17.6 Å². The molecule has 236 valence electrons. The molecular formula is C29H32F4N6O4S. The number of hydrogen-bond donors (Lipinski definition) is 3. The van der Waals surface area contributed by atoms with Crippen molar-refractivity contribution in [1.29, 1.82) is 0 Å². The number of nitrogens with two attached hydrogens (primary N) is 1. The maximum atomic E-state index is 15.2. The number of nitrogen functional groups attached to an aromatic ring is 1. The largest absolute Gasteiger partial charge is 0.497 e. The normalized spacial score (nSPS) is 15.1. The SMILES string of the molecule is COc1ccc(CS(=O)(=O)Nc2c(F)cc(-c3cc4cnc(N)nc4n(C(C)C)c3=O)c(F)c2F)cc1.FC1CCCNC1. The van der Waals surface area contributed by atoms with Gasteiger partial charge in [0.1, 0.15) is 23.3 Å². The Bertz CT molecular complexity index is 1810. The number of aromatic nitrogens is 3. The number of anilines is 2. The summed E-state index contributed by atoms with van der Waals surface area (Å²) in [7, 11) is -2.90. The Morgan fingerprint density at radius 2 is 1.84 bits per heavy atom. The summed E-state index contributed by atoms with van der Waals surface area (Å²) in [6.07, 6.45) is 2.48. The van der Waals surface area contributed by atoms with Crippen LogP contribution in [0.25, 0.3) is 22.2 Å². The number of sulfonamides is 1. The van der Waals surface area contributed by atoms with E-state index in [0.717, 1.165) is 19.4 Å². The lowest BCUT2D eigenvalue weighted by molar-refractivity contribution is 0.266. The van der Waals surface area contributed by atoms with E-state index in [-0.39, 0.29) is 22.5 Å². The number of halogens is 4. The Balaban J connectivity index is 0.000000555. The monoisotopic (exact) mass is 636 g/mol. The molecule has 1 fully saturated rings. The van der Waals surface area contributed by atoms with Crippen molar-refractivity contribution in [2.24, 2.45) is 0 Å². The first-order chi connectivity index (χ1) is 20.8. The Morgan fingerprint density at radius 1 is 1.14 bits per heavy atom. The number of nitrogens with one attached hydrogen (secondary N) is 2. The molecule has 1 saturated heterocycles. The Morgan fingerprint density at radius 3 is 2.41 bits per heavy atom. The van der Waals surface area contributed by atoms with Crippen LogP contribution in [0.15, 0.2) is 47.4 Å². The lowest BCUT2D eigenvalue weighted by Crippen LogP contribution is -2.30. The molecule has 4 N–H and O–H groups in total. The van der Waals surface area contributed by atoms with Crippen LogP contribution in [0, 0.1) is 17.5 Å². The fourth-order valence-electron chi connectivity index (χ4n) is 4.63. The first kappa shape index (κ1) is 32.7. The second-order valence-corrected chi connectivity index (χ2v) is 12.1. The van der Waals surface area contributed by atoms with Crippen LogP contribution >= 0.6 is 0 Å². The van der Waals surface area contributed by atoms with Crippen LogP contribution < -0.4 is 26.1 Å². The van der Waals surface area contributed by atoms with Crippen LogP contribution in [0.5, 0.6) is 5.75 Å². The van der Waals surface area contributed by atoms with E-state index in [0.29, 0.717) is 23.9 Å². The molecular weight excluding hydrogens is 604 g/mol. The highest BCUT2D eigenvalue weighted by Gasteiger charge is 2.26. The van der Waals surface area contributed by atoms with E-state index in [2.05, 4.69) is 15.3 Å². The van der Waals surface area contributed by atoms with Gasteiger partial charge in [0.15, 0.2) is 17.5 Å². The van der Waals surface area contributed by atoms with Crippen molar-refractivity contribution in [2.75, 3.05) is 30.7 Å². The molecule has 0 spiro atoms. The summed E-state index contributed by atoms with van der Waals surface area (Å²) in [6.45, 7) is 4.91. The van der Waals surface area contributed by atoms with Gasteiger partial charge in [-0.15, -0.1) is 0 Å². The average molecular weight is 637 g/mol. The van der Waals surface area contributed by atoms with Gasteiger partial charge in [-0.25, -0.2) is 31.0 Å². The van der Waals surface area contributed by atoms with Crippen molar-refractivity contribution in [3.63, 3.8) is 0 Å². The first-order valence-electron chi connectivity index (χ1n) is 13.6. The molecule has 2 aromatic heterocycles. The third kappa shape index (κ3) is 7.45. The minimum atomic E-state index is -4.34. The Hall–Kier alpha value is -4.24. The maximum absolute atomic E-state index is 15.2. The number of pyridine rings is 1. The van der Waals surface area contributed by atoms with E-state index < -0.39 is 62.3 Å². The molecule has 1 aliphatic rings. The smallest absolute Gasteiger partial charge is 0.260 e. The zero-order valence-electron chi connectivity index (χ0n) is 24.2. The van der Waals surface area contributed by atoms with E-state index >= 15 is 13.2 Å². The van der Waals surface area contributed by atoms with Gasteiger partial charge in [0, 0.05) is 29.7 Å². The quantitative estimate of drug-likeness (QED) is 0.196. The molecule has 5 rings (SSSR count). The first-order valence-corrected chi connectivity index (χ1v) is 15.3. The number of methoxy groups -OCH3 is 1. The fraction of sp³-hybridized carbons (Fsp3) is 0.345. The molecule has 0 amide bonds. The van der Waals surface area contributed by atoms with E-state index in [1.165, 1.54) is 48.2 Å². The molecule has 44 heavy (non-hydrogen) atoms. The van der Waals surface area contributed by atoms with Gasteiger partial charge < -0.3 is 15.8 Å². The summed E-state index contributed by atoms with van der Waals surface area (Å²) in [6, 6.07) is 7.26. The molecule has 0 saturated carbocycles. The molecule has 1 aliphatic heterocycles. The van der Waals surface area contributed by atoms with Gasteiger partial charge in [-0.05, 0) is 63.1 Å². The van der Waals surface area contributed by atoms with Crippen LogP contribution in [0.4, 0.5) is 29.2 Å². The summed E-state index contributed by atoms with van der Waals surface area (Å²) < 4.78 is 90.4. The second-order valence-electron chi connectivity index (χ2n) is 10.4.